The molecule has 2 aliphatic rings. The molecule has 0 saturated carbocycles. The van der Waals surface area contributed by atoms with Crippen molar-refractivity contribution in [2.24, 2.45) is 5.92 Å². The second-order valence-electron chi connectivity index (χ2n) is 5.52. The topological polar surface area (TPSA) is 50.8 Å². The van der Waals surface area contributed by atoms with Crippen molar-refractivity contribution in [1.82, 2.24) is 10.2 Å². The zero-order valence-corrected chi connectivity index (χ0v) is 14.6. The highest BCUT2D eigenvalue weighted by molar-refractivity contribution is 9.10. The van der Waals surface area contributed by atoms with Gasteiger partial charge >= 0.3 is 0 Å². The summed E-state index contributed by atoms with van der Waals surface area (Å²) in [5, 5.41) is 3.42. The lowest BCUT2D eigenvalue weighted by atomic mass is 10.1. The third-order valence-electron chi connectivity index (χ3n) is 3.30. The summed E-state index contributed by atoms with van der Waals surface area (Å²) < 4.78 is 11.5. The van der Waals surface area contributed by atoms with Crippen molar-refractivity contribution in [1.29, 1.82) is 0 Å². The van der Waals surface area contributed by atoms with Crippen LogP contribution in [0.1, 0.15) is 19.4 Å². The Morgan fingerprint density at radius 3 is 2.77 bits per heavy atom. The van der Waals surface area contributed by atoms with E-state index in [1.165, 1.54) is 0 Å². The number of carbonyl (C=O) groups is 1. The fourth-order valence-electron chi connectivity index (χ4n) is 2.30. The number of amides is 1. The second-order valence-corrected chi connectivity index (χ2v) is 6.77. The van der Waals surface area contributed by atoms with Crippen LogP contribution in [-0.4, -0.2) is 29.3 Å². The highest BCUT2D eigenvalue weighted by Gasteiger charge is 2.31. The summed E-state index contributed by atoms with van der Waals surface area (Å²) in [5.74, 6) is 1.60. The van der Waals surface area contributed by atoms with Crippen LogP contribution < -0.4 is 14.8 Å². The molecule has 1 saturated heterocycles. The molecule has 0 unspecified atom stereocenters. The van der Waals surface area contributed by atoms with Crippen molar-refractivity contribution in [2.45, 2.75) is 13.8 Å². The van der Waals surface area contributed by atoms with Crippen molar-refractivity contribution >= 4 is 45.2 Å². The van der Waals surface area contributed by atoms with Crippen LogP contribution in [0.25, 0.3) is 6.08 Å². The van der Waals surface area contributed by atoms with Gasteiger partial charge in [0.05, 0.1) is 0 Å². The third-order valence-corrected chi connectivity index (χ3v) is 4.31. The van der Waals surface area contributed by atoms with Gasteiger partial charge in [0.1, 0.15) is 5.70 Å². The zero-order valence-electron chi connectivity index (χ0n) is 12.2. The van der Waals surface area contributed by atoms with Crippen molar-refractivity contribution in [3.05, 3.63) is 27.9 Å². The maximum Gasteiger partial charge on any atom is 0.276 e. The van der Waals surface area contributed by atoms with Gasteiger partial charge in [-0.25, -0.2) is 0 Å². The minimum absolute atomic E-state index is 0.108. The van der Waals surface area contributed by atoms with Gasteiger partial charge in [0.25, 0.3) is 5.91 Å². The Morgan fingerprint density at radius 1 is 1.41 bits per heavy atom. The molecule has 22 heavy (non-hydrogen) atoms. The molecule has 2 aliphatic heterocycles. The molecular weight excluding hydrogens is 368 g/mol. The van der Waals surface area contributed by atoms with Gasteiger partial charge in [-0.2, -0.15) is 0 Å². The number of rotatable bonds is 3. The summed E-state index contributed by atoms with van der Waals surface area (Å²) >= 11 is 8.72. The van der Waals surface area contributed by atoms with Gasteiger partial charge in [-0.1, -0.05) is 29.8 Å². The molecule has 5 nitrogen and oxygen atoms in total. The molecule has 1 amide bonds. The summed E-state index contributed by atoms with van der Waals surface area (Å²) in [4.78, 5) is 14.0. The number of carbonyl (C=O) groups excluding carboxylic acids is 1. The van der Waals surface area contributed by atoms with E-state index >= 15 is 0 Å². The Morgan fingerprint density at radius 2 is 2.09 bits per heavy atom. The summed E-state index contributed by atoms with van der Waals surface area (Å²) in [7, 11) is 0. The summed E-state index contributed by atoms with van der Waals surface area (Å²) in [5.41, 5.74) is 1.29. The molecule has 1 N–H and O–H groups in total. The summed E-state index contributed by atoms with van der Waals surface area (Å²) in [6.07, 6.45) is 1.76. The van der Waals surface area contributed by atoms with E-state index in [0.29, 0.717) is 34.8 Å². The normalized spacial score (nSPS) is 18.5. The zero-order chi connectivity index (χ0) is 15.9. The van der Waals surface area contributed by atoms with Crippen LogP contribution >= 0.6 is 28.1 Å². The Bertz CT molecular complexity index is 688. The number of benzene rings is 1. The smallest absolute Gasteiger partial charge is 0.276 e. The quantitative estimate of drug-likeness (QED) is 0.643. The van der Waals surface area contributed by atoms with E-state index in [1.807, 2.05) is 26.0 Å². The molecule has 0 aliphatic carbocycles. The molecule has 7 heteroatoms. The minimum Gasteiger partial charge on any atom is -0.454 e. The predicted octanol–water partition coefficient (Wildman–Crippen LogP) is 2.89. The maximum absolute atomic E-state index is 12.4. The SMILES string of the molecule is CC(C)CN1C(=O)/C(=C/c2cc3c(cc2Br)OCO3)NC1=S. The number of ether oxygens (including phenoxy) is 2. The minimum atomic E-state index is -0.108. The van der Waals surface area contributed by atoms with E-state index in [0.717, 1.165) is 10.0 Å². The van der Waals surface area contributed by atoms with E-state index < -0.39 is 0 Å². The highest BCUT2D eigenvalue weighted by atomic mass is 79.9. The van der Waals surface area contributed by atoms with E-state index in [9.17, 15) is 4.79 Å². The number of thiocarbonyl (C=S) groups is 1. The van der Waals surface area contributed by atoms with Crippen LogP contribution in [0.4, 0.5) is 0 Å². The molecule has 1 aromatic carbocycles. The molecular formula is C15H15BrN2O3S. The molecule has 0 atom stereocenters. The number of hydrogen-bond donors (Lipinski definition) is 1. The van der Waals surface area contributed by atoms with E-state index in [1.54, 1.807) is 11.0 Å². The van der Waals surface area contributed by atoms with Gasteiger partial charge < -0.3 is 14.8 Å². The lowest BCUT2D eigenvalue weighted by Crippen LogP contribution is -2.33. The van der Waals surface area contributed by atoms with Gasteiger partial charge in [-0.05, 0) is 41.9 Å². The lowest BCUT2D eigenvalue weighted by Gasteiger charge is -2.15. The first kappa shape index (κ1) is 15.3. The first-order chi connectivity index (χ1) is 10.5. The molecule has 1 fully saturated rings. The van der Waals surface area contributed by atoms with Gasteiger partial charge in [0.2, 0.25) is 6.79 Å². The largest absolute Gasteiger partial charge is 0.454 e. The van der Waals surface area contributed by atoms with Gasteiger partial charge in [0, 0.05) is 11.0 Å². The maximum atomic E-state index is 12.4. The van der Waals surface area contributed by atoms with Gasteiger partial charge in [-0.15, -0.1) is 0 Å². The molecule has 0 bridgehead atoms. The highest BCUT2D eigenvalue weighted by Crippen LogP contribution is 2.37. The third kappa shape index (κ3) is 2.83. The molecule has 0 spiro atoms. The average Bonchev–Trinajstić information content (AvgIpc) is 2.99. The Hall–Kier alpha value is -1.60. The van der Waals surface area contributed by atoms with Crippen LogP contribution in [0.5, 0.6) is 11.5 Å². The van der Waals surface area contributed by atoms with Crippen molar-refractivity contribution in [3.63, 3.8) is 0 Å². The molecule has 116 valence electrons. The van der Waals surface area contributed by atoms with E-state index in [4.69, 9.17) is 21.7 Å². The lowest BCUT2D eigenvalue weighted by molar-refractivity contribution is -0.122. The average molecular weight is 383 g/mol. The van der Waals surface area contributed by atoms with Gasteiger partial charge in [-0.3, -0.25) is 9.69 Å². The fourth-order valence-corrected chi connectivity index (χ4v) is 3.01. The van der Waals surface area contributed by atoms with Crippen molar-refractivity contribution in [2.75, 3.05) is 13.3 Å². The number of hydrogen-bond acceptors (Lipinski definition) is 4. The van der Waals surface area contributed by atoms with E-state index in [-0.39, 0.29) is 12.7 Å². The number of halogens is 1. The summed E-state index contributed by atoms with van der Waals surface area (Å²) in [6.45, 7) is 4.91. The van der Waals surface area contributed by atoms with Crippen molar-refractivity contribution in [3.8, 4) is 11.5 Å². The first-order valence-electron chi connectivity index (χ1n) is 6.89. The van der Waals surface area contributed by atoms with Gasteiger partial charge in [0.15, 0.2) is 16.6 Å². The molecule has 0 aromatic heterocycles. The molecule has 3 rings (SSSR count). The Balaban J connectivity index is 1.90. The number of nitrogens with one attached hydrogen (secondary N) is 1. The van der Waals surface area contributed by atoms with Crippen LogP contribution in [0.15, 0.2) is 22.3 Å². The monoisotopic (exact) mass is 382 g/mol. The van der Waals surface area contributed by atoms with Crippen LogP contribution in [0, 0.1) is 5.92 Å². The number of nitrogens with zero attached hydrogens (tertiary/aromatic N) is 1. The van der Waals surface area contributed by atoms with E-state index in [2.05, 4.69) is 21.2 Å². The Kier molecular flexibility index (Phi) is 4.10. The van der Waals surface area contributed by atoms with Crippen LogP contribution in [-0.2, 0) is 4.79 Å². The first-order valence-corrected chi connectivity index (χ1v) is 8.09. The Labute approximate surface area is 142 Å². The van der Waals surface area contributed by atoms with Crippen LogP contribution in [0.3, 0.4) is 0 Å². The fraction of sp³-hybridized carbons (Fsp3) is 0.333. The standard InChI is InChI=1S/C15H15BrN2O3S/c1-8(2)6-18-14(19)11(17-15(18)22)3-9-4-12-13(5-10(9)16)21-7-20-12/h3-5,8H,6-7H2,1-2H3,(H,17,22)/b11-3-. The number of fused-ring (bicyclic) bond motifs is 1. The molecule has 0 radical (unpaired) electrons. The second kappa shape index (κ2) is 5.89. The van der Waals surface area contributed by atoms with Crippen molar-refractivity contribution < 1.29 is 14.3 Å². The predicted molar refractivity (Wildman–Crippen MR) is 90.5 cm³/mol. The molecule has 1 aromatic rings. The summed E-state index contributed by atoms with van der Waals surface area (Å²) in [6, 6.07) is 3.67. The molecule has 2 heterocycles. The van der Waals surface area contributed by atoms with Crippen LogP contribution in [0.2, 0.25) is 0 Å².